The van der Waals surface area contributed by atoms with Crippen LogP contribution in [-0.2, 0) is 14.8 Å². The largest absolute Gasteiger partial charge is 0.383 e. The van der Waals surface area contributed by atoms with Crippen molar-refractivity contribution in [3.63, 3.8) is 0 Å². The number of methoxy groups -OCH3 is 1. The van der Waals surface area contributed by atoms with Gasteiger partial charge in [-0.15, -0.1) is 0 Å². The second kappa shape index (κ2) is 6.32. The lowest BCUT2D eigenvalue weighted by Crippen LogP contribution is -2.60. The summed E-state index contributed by atoms with van der Waals surface area (Å²) < 4.78 is 32.3. The Morgan fingerprint density at radius 2 is 2.17 bits per heavy atom. The molecule has 0 aromatic heterocycles. The van der Waals surface area contributed by atoms with E-state index in [1.54, 1.807) is 6.92 Å². The van der Waals surface area contributed by atoms with Gasteiger partial charge in [-0.1, -0.05) is 19.8 Å². The van der Waals surface area contributed by atoms with Gasteiger partial charge in [0, 0.05) is 19.2 Å². The molecule has 1 rings (SSSR count). The third kappa shape index (κ3) is 3.44. The third-order valence-electron chi connectivity index (χ3n) is 4.09. The quantitative estimate of drug-likeness (QED) is 0.754. The SMILES string of the molecule is COCC(C)S(=O)(=O)NC1(CN)CCCCC1C. The van der Waals surface area contributed by atoms with Crippen molar-refractivity contribution >= 4 is 10.0 Å². The molecular weight excluding hydrogens is 252 g/mol. The molecule has 18 heavy (non-hydrogen) atoms. The van der Waals surface area contributed by atoms with Gasteiger partial charge in [-0.05, 0) is 25.7 Å². The lowest BCUT2D eigenvalue weighted by molar-refractivity contribution is 0.184. The van der Waals surface area contributed by atoms with E-state index in [2.05, 4.69) is 11.6 Å². The van der Waals surface area contributed by atoms with Crippen molar-refractivity contribution in [3.05, 3.63) is 0 Å². The molecule has 1 fully saturated rings. The number of rotatable bonds is 6. The van der Waals surface area contributed by atoms with Gasteiger partial charge in [0.15, 0.2) is 0 Å². The van der Waals surface area contributed by atoms with Crippen molar-refractivity contribution in [2.45, 2.75) is 50.3 Å². The highest BCUT2D eigenvalue weighted by atomic mass is 32.2. The second-order valence-electron chi connectivity index (χ2n) is 5.42. The number of ether oxygens (including phenoxy) is 1. The van der Waals surface area contributed by atoms with Crippen molar-refractivity contribution < 1.29 is 13.2 Å². The minimum Gasteiger partial charge on any atom is -0.383 e. The van der Waals surface area contributed by atoms with E-state index in [-0.39, 0.29) is 12.5 Å². The predicted octanol–water partition coefficient (Wildman–Crippen LogP) is 0.848. The summed E-state index contributed by atoms with van der Waals surface area (Å²) in [5.74, 6) is 0.278. The highest BCUT2D eigenvalue weighted by Crippen LogP contribution is 2.33. The average Bonchev–Trinajstić information content (AvgIpc) is 2.32. The van der Waals surface area contributed by atoms with Gasteiger partial charge in [-0.2, -0.15) is 0 Å². The minimum atomic E-state index is -3.38. The van der Waals surface area contributed by atoms with Gasteiger partial charge in [0.1, 0.15) is 0 Å². The average molecular weight is 278 g/mol. The molecule has 1 aliphatic carbocycles. The highest BCUT2D eigenvalue weighted by molar-refractivity contribution is 7.90. The van der Waals surface area contributed by atoms with Crippen LogP contribution in [0.1, 0.15) is 39.5 Å². The molecule has 1 saturated carbocycles. The van der Waals surface area contributed by atoms with Crippen molar-refractivity contribution in [1.29, 1.82) is 0 Å². The summed E-state index contributed by atoms with van der Waals surface area (Å²) >= 11 is 0. The molecule has 0 saturated heterocycles. The van der Waals surface area contributed by atoms with E-state index in [1.165, 1.54) is 7.11 Å². The smallest absolute Gasteiger partial charge is 0.217 e. The first-order valence-electron chi connectivity index (χ1n) is 6.60. The zero-order valence-corrected chi connectivity index (χ0v) is 12.4. The summed E-state index contributed by atoms with van der Waals surface area (Å²) in [6.45, 7) is 4.29. The van der Waals surface area contributed by atoms with Gasteiger partial charge in [0.2, 0.25) is 10.0 Å². The topological polar surface area (TPSA) is 81.4 Å². The molecule has 0 amide bonds. The van der Waals surface area contributed by atoms with Crippen LogP contribution in [0.25, 0.3) is 0 Å². The summed E-state index contributed by atoms with van der Waals surface area (Å²) in [7, 11) is -1.87. The van der Waals surface area contributed by atoms with E-state index in [0.29, 0.717) is 6.54 Å². The van der Waals surface area contributed by atoms with E-state index in [4.69, 9.17) is 10.5 Å². The maximum absolute atomic E-state index is 12.3. The summed E-state index contributed by atoms with van der Waals surface area (Å²) in [5.41, 5.74) is 5.38. The molecule has 1 aliphatic rings. The van der Waals surface area contributed by atoms with Crippen LogP contribution < -0.4 is 10.5 Å². The van der Waals surface area contributed by atoms with Crippen LogP contribution in [0.4, 0.5) is 0 Å². The molecule has 108 valence electrons. The molecule has 0 aromatic rings. The zero-order chi connectivity index (χ0) is 13.8. The summed E-state index contributed by atoms with van der Waals surface area (Å²) in [6, 6.07) is 0. The number of sulfonamides is 1. The highest BCUT2D eigenvalue weighted by Gasteiger charge is 2.41. The Hall–Kier alpha value is -0.170. The Bertz CT molecular complexity index is 358. The summed E-state index contributed by atoms with van der Waals surface area (Å²) in [5, 5.41) is -0.556. The lowest BCUT2D eigenvalue weighted by atomic mass is 9.74. The number of hydrogen-bond donors (Lipinski definition) is 2. The molecule has 0 aliphatic heterocycles. The fraction of sp³-hybridized carbons (Fsp3) is 1.00. The number of nitrogens with two attached hydrogens (primary N) is 1. The van der Waals surface area contributed by atoms with Crippen LogP contribution in [0.15, 0.2) is 0 Å². The van der Waals surface area contributed by atoms with Gasteiger partial charge in [-0.3, -0.25) is 0 Å². The Labute approximate surface area is 111 Å². The van der Waals surface area contributed by atoms with Gasteiger partial charge < -0.3 is 10.5 Å². The molecule has 3 atom stereocenters. The number of hydrogen-bond acceptors (Lipinski definition) is 4. The van der Waals surface area contributed by atoms with Crippen LogP contribution in [0.2, 0.25) is 0 Å². The third-order valence-corrected chi connectivity index (χ3v) is 5.98. The fourth-order valence-corrected chi connectivity index (χ4v) is 4.09. The van der Waals surface area contributed by atoms with Crippen LogP contribution in [0, 0.1) is 5.92 Å². The maximum atomic E-state index is 12.3. The molecule has 3 unspecified atom stereocenters. The Morgan fingerprint density at radius 1 is 1.50 bits per heavy atom. The lowest BCUT2D eigenvalue weighted by Gasteiger charge is -2.42. The van der Waals surface area contributed by atoms with Crippen molar-refractivity contribution in [2.75, 3.05) is 20.3 Å². The van der Waals surface area contributed by atoms with Crippen molar-refractivity contribution in [3.8, 4) is 0 Å². The molecule has 0 aromatic carbocycles. The van der Waals surface area contributed by atoms with Crippen LogP contribution >= 0.6 is 0 Å². The Balaban J connectivity index is 2.84. The van der Waals surface area contributed by atoms with Crippen molar-refractivity contribution in [2.24, 2.45) is 11.7 Å². The minimum absolute atomic E-state index is 0.199. The first kappa shape index (κ1) is 15.9. The Morgan fingerprint density at radius 3 is 2.67 bits per heavy atom. The van der Waals surface area contributed by atoms with Crippen molar-refractivity contribution in [1.82, 2.24) is 4.72 Å². The first-order valence-corrected chi connectivity index (χ1v) is 8.14. The molecule has 6 heteroatoms. The van der Waals surface area contributed by atoms with E-state index in [9.17, 15) is 8.42 Å². The number of nitrogens with one attached hydrogen (secondary N) is 1. The first-order chi connectivity index (χ1) is 8.38. The molecular formula is C12H26N2O3S. The molecule has 0 heterocycles. The van der Waals surface area contributed by atoms with Crippen LogP contribution in [-0.4, -0.2) is 39.5 Å². The summed E-state index contributed by atoms with van der Waals surface area (Å²) in [4.78, 5) is 0. The summed E-state index contributed by atoms with van der Waals surface area (Å²) in [6.07, 6.45) is 4.03. The molecule has 0 spiro atoms. The van der Waals surface area contributed by atoms with E-state index in [1.807, 2.05) is 0 Å². The molecule has 3 N–H and O–H groups in total. The second-order valence-corrected chi connectivity index (χ2v) is 7.52. The van der Waals surface area contributed by atoms with Gasteiger partial charge in [0.25, 0.3) is 0 Å². The van der Waals surface area contributed by atoms with E-state index >= 15 is 0 Å². The Kier molecular flexibility index (Phi) is 5.58. The van der Waals surface area contributed by atoms with E-state index in [0.717, 1.165) is 25.7 Å². The monoisotopic (exact) mass is 278 g/mol. The van der Waals surface area contributed by atoms with Gasteiger partial charge >= 0.3 is 0 Å². The standard InChI is InChI=1S/C12H26N2O3S/c1-10-6-4-5-7-12(10,9-13)14-18(15,16)11(2)8-17-3/h10-11,14H,4-9,13H2,1-3H3. The normalized spacial score (nSPS) is 31.2. The predicted molar refractivity (Wildman–Crippen MR) is 72.8 cm³/mol. The van der Waals surface area contributed by atoms with E-state index < -0.39 is 20.8 Å². The van der Waals surface area contributed by atoms with Gasteiger partial charge in [-0.25, -0.2) is 13.1 Å². The molecule has 0 bridgehead atoms. The maximum Gasteiger partial charge on any atom is 0.217 e. The molecule has 5 nitrogen and oxygen atoms in total. The van der Waals surface area contributed by atoms with Gasteiger partial charge in [0.05, 0.1) is 11.9 Å². The van der Waals surface area contributed by atoms with Crippen LogP contribution in [0.3, 0.4) is 0 Å². The van der Waals surface area contributed by atoms with Crippen LogP contribution in [0.5, 0.6) is 0 Å². The zero-order valence-electron chi connectivity index (χ0n) is 11.6. The fourth-order valence-electron chi connectivity index (χ4n) is 2.62. The molecule has 0 radical (unpaired) electrons.